The van der Waals surface area contributed by atoms with Crippen molar-refractivity contribution in [3.63, 3.8) is 0 Å². The molecule has 0 atom stereocenters. The molecule has 5 rings (SSSR count). The van der Waals surface area contributed by atoms with Crippen LogP contribution in [-0.2, 0) is 10.0 Å². The van der Waals surface area contributed by atoms with E-state index in [9.17, 15) is 8.42 Å². The van der Waals surface area contributed by atoms with Crippen LogP contribution in [0.5, 0.6) is 0 Å². The number of nitrogens with zero attached hydrogens (tertiary/aromatic N) is 3. The molecule has 0 saturated carbocycles. The zero-order valence-corrected chi connectivity index (χ0v) is 16.8. The molecular weight excluding hydrogens is 408 g/mol. The number of hydrogen-bond acceptors (Lipinski definition) is 7. The van der Waals surface area contributed by atoms with Gasteiger partial charge in [0.2, 0.25) is 0 Å². The Morgan fingerprint density at radius 2 is 1.79 bits per heavy atom. The van der Waals surface area contributed by atoms with Crippen LogP contribution in [-0.4, -0.2) is 23.7 Å². The molecule has 2 aromatic heterocycles. The fourth-order valence-electron chi connectivity index (χ4n) is 3.04. The smallest absolute Gasteiger partial charge is 0.264 e. The predicted octanol–water partition coefficient (Wildman–Crippen LogP) is 4.61. The van der Waals surface area contributed by atoms with Gasteiger partial charge in [0.15, 0.2) is 5.52 Å². The number of aryl methyl sites for hydroxylation is 1. The number of fused-ring (bicyclic) bond motifs is 2. The zero-order valence-electron chi connectivity index (χ0n) is 15.2. The summed E-state index contributed by atoms with van der Waals surface area (Å²) in [5.74, 6) is 0. The Balaban J connectivity index is 1.44. The summed E-state index contributed by atoms with van der Waals surface area (Å²) in [5, 5.41) is 8.27. The van der Waals surface area contributed by atoms with Gasteiger partial charge in [0, 0.05) is 11.3 Å². The van der Waals surface area contributed by atoms with Crippen LogP contribution >= 0.6 is 11.3 Å². The minimum absolute atomic E-state index is 0.0156. The van der Waals surface area contributed by atoms with E-state index in [1.807, 2.05) is 24.3 Å². The third-order valence-corrected chi connectivity index (χ3v) is 6.95. The van der Waals surface area contributed by atoms with E-state index in [1.165, 1.54) is 11.6 Å². The number of benzene rings is 3. The van der Waals surface area contributed by atoms with E-state index in [1.54, 1.807) is 35.6 Å². The molecule has 0 aliphatic rings. The Kier molecular flexibility index (Phi) is 4.07. The first-order valence-corrected chi connectivity index (χ1v) is 11.0. The quantitative estimate of drug-likeness (QED) is 0.454. The molecule has 9 heteroatoms. The van der Waals surface area contributed by atoms with Gasteiger partial charge in [-0.3, -0.25) is 4.72 Å². The second-order valence-corrected chi connectivity index (χ2v) is 9.24. The van der Waals surface area contributed by atoms with Crippen LogP contribution in [0, 0.1) is 6.92 Å². The summed E-state index contributed by atoms with van der Waals surface area (Å²) >= 11 is 1.61. The van der Waals surface area contributed by atoms with Crippen LogP contribution in [0.4, 0.5) is 5.69 Å². The second kappa shape index (κ2) is 6.64. The Labute approximate surface area is 170 Å². The Morgan fingerprint density at radius 1 is 0.966 bits per heavy atom. The average Bonchev–Trinajstić information content (AvgIpc) is 3.34. The first kappa shape index (κ1) is 17.8. The molecule has 2 heterocycles. The minimum atomic E-state index is -3.84. The van der Waals surface area contributed by atoms with Crippen LogP contribution in [0.15, 0.2) is 70.2 Å². The van der Waals surface area contributed by atoms with Gasteiger partial charge in [-0.25, -0.2) is 18.0 Å². The minimum Gasteiger partial charge on any atom is -0.280 e. The van der Waals surface area contributed by atoms with Gasteiger partial charge >= 0.3 is 0 Å². The first-order chi connectivity index (χ1) is 14.0. The van der Waals surface area contributed by atoms with Gasteiger partial charge in [0.05, 0.1) is 10.2 Å². The standard InChI is InChI=1S/C20H14N4O3S2/c1-12-5-10-15-17(11-12)28-20(21-15)13-6-8-14(9-7-13)24-29(25,26)18-4-2-3-16-19(18)23-27-22-16/h2-11,24H,1H3. The molecule has 0 amide bonds. The van der Waals surface area contributed by atoms with Crippen LogP contribution in [0.25, 0.3) is 31.8 Å². The van der Waals surface area contributed by atoms with Crippen molar-refractivity contribution in [3.05, 3.63) is 66.2 Å². The number of nitrogens with one attached hydrogen (secondary N) is 1. The highest BCUT2D eigenvalue weighted by molar-refractivity contribution is 7.93. The summed E-state index contributed by atoms with van der Waals surface area (Å²) in [6, 6.07) is 18.0. The molecule has 3 aromatic carbocycles. The summed E-state index contributed by atoms with van der Waals surface area (Å²) in [5.41, 5.74) is 4.09. The molecule has 0 saturated heterocycles. The fourth-order valence-corrected chi connectivity index (χ4v) is 5.32. The van der Waals surface area contributed by atoms with E-state index in [-0.39, 0.29) is 10.4 Å². The zero-order chi connectivity index (χ0) is 20.0. The Morgan fingerprint density at radius 3 is 2.62 bits per heavy atom. The lowest BCUT2D eigenvalue weighted by atomic mass is 10.2. The monoisotopic (exact) mass is 422 g/mol. The molecule has 29 heavy (non-hydrogen) atoms. The number of rotatable bonds is 4. The Hall–Kier alpha value is -3.30. The van der Waals surface area contributed by atoms with Gasteiger partial charge < -0.3 is 0 Å². The lowest BCUT2D eigenvalue weighted by molar-refractivity contribution is 0.315. The molecular formula is C20H14N4O3S2. The molecule has 0 spiro atoms. The highest BCUT2D eigenvalue weighted by Crippen LogP contribution is 2.31. The van der Waals surface area contributed by atoms with Gasteiger partial charge in [-0.15, -0.1) is 11.3 Å². The highest BCUT2D eigenvalue weighted by Gasteiger charge is 2.20. The van der Waals surface area contributed by atoms with Gasteiger partial charge in [-0.1, -0.05) is 12.1 Å². The summed E-state index contributed by atoms with van der Waals surface area (Å²) in [7, 11) is -3.84. The molecule has 0 fully saturated rings. The van der Waals surface area contributed by atoms with Crippen molar-refractivity contribution >= 4 is 48.3 Å². The molecule has 0 bridgehead atoms. The number of thiazole rings is 1. The molecule has 0 aliphatic heterocycles. The summed E-state index contributed by atoms with van der Waals surface area (Å²) in [4.78, 5) is 4.67. The molecule has 144 valence electrons. The largest absolute Gasteiger partial charge is 0.280 e. The fraction of sp³-hybridized carbons (Fsp3) is 0.0500. The van der Waals surface area contributed by atoms with Gasteiger partial charge in [-0.2, -0.15) is 0 Å². The van der Waals surface area contributed by atoms with Crippen molar-refractivity contribution in [2.24, 2.45) is 0 Å². The molecule has 7 nitrogen and oxygen atoms in total. The summed E-state index contributed by atoms with van der Waals surface area (Å²) < 4.78 is 33.9. The van der Waals surface area contributed by atoms with Gasteiger partial charge in [-0.05, 0) is 71.3 Å². The molecule has 0 unspecified atom stereocenters. The summed E-state index contributed by atoms with van der Waals surface area (Å²) in [6.07, 6.45) is 0. The van der Waals surface area contributed by atoms with Crippen LogP contribution in [0.2, 0.25) is 0 Å². The van der Waals surface area contributed by atoms with Crippen molar-refractivity contribution in [1.82, 2.24) is 15.3 Å². The highest BCUT2D eigenvalue weighted by atomic mass is 32.2. The van der Waals surface area contributed by atoms with Crippen LogP contribution < -0.4 is 4.72 Å². The van der Waals surface area contributed by atoms with E-state index in [0.717, 1.165) is 20.8 Å². The van der Waals surface area contributed by atoms with E-state index in [2.05, 4.69) is 37.6 Å². The third-order valence-electron chi connectivity index (χ3n) is 4.47. The average molecular weight is 422 g/mol. The maximum absolute atomic E-state index is 12.8. The topological polar surface area (TPSA) is 98.0 Å². The normalized spacial score (nSPS) is 11.9. The number of sulfonamides is 1. The van der Waals surface area contributed by atoms with Crippen LogP contribution in [0.3, 0.4) is 0 Å². The Bertz CT molecular complexity index is 1450. The third kappa shape index (κ3) is 3.24. The van der Waals surface area contributed by atoms with Gasteiger partial charge in [0.25, 0.3) is 10.0 Å². The number of aromatic nitrogens is 3. The summed E-state index contributed by atoms with van der Waals surface area (Å²) in [6.45, 7) is 2.05. The van der Waals surface area contributed by atoms with Crippen molar-refractivity contribution in [2.45, 2.75) is 11.8 Å². The number of hydrogen-bond donors (Lipinski definition) is 1. The SMILES string of the molecule is Cc1ccc2nc(-c3ccc(NS(=O)(=O)c4cccc5nonc45)cc3)sc2c1. The van der Waals surface area contributed by atoms with Gasteiger partial charge in [0.1, 0.15) is 15.4 Å². The number of anilines is 1. The molecule has 0 aliphatic carbocycles. The van der Waals surface area contributed by atoms with Crippen molar-refractivity contribution in [2.75, 3.05) is 4.72 Å². The van der Waals surface area contributed by atoms with Crippen LogP contribution in [0.1, 0.15) is 5.56 Å². The van der Waals surface area contributed by atoms with Crippen molar-refractivity contribution in [1.29, 1.82) is 0 Å². The van der Waals surface area contributed by atoms with E-state index >= 15 is 0 Å². The van der Waals surface area contributed by atoms with E-state index < -0.39 is 10.0 Å². The maximum Gasteiger partial charge on any atom is 0.264 e. The lowest BCUT2D eigenvalue weighted by Gasteiger charge is -2.08. The van der Waals surface area contributed by atoms with Crippen molar-refractivity contribution < 1.29 is 13.0 Å². The predicted molar refractivity (Wildman–Crippen MR) is 112 cm³/mol. The lowest BCUT2D eigenvalue weighted by Crippen LogP contribution is -2.13. The molecule has 0 radical (unpaired) electrons. The molecule has 1 N–H and O–H groups in total. The van der Waals surface area contributed by atoms with E-state index in [4.69, 9.17) is 0 Å². The van der Waals surface area contributed by atoms with Crippen molar-refractivity contribution in [3.8, 4) is 10.6 Å². The second-order valence-electron chi connectivity index (χ2n) is 6.56. The first-order valence-electron chi connectivity index (χ1n) is 8.71. The molecule has 5 aromatic rings. The maximum atomic E-state index is 12.8. The van der Waals surface area contributed by atoms with E-state index in [0.29, 0.717) is 11.2 Å².